The Labute approximate surface area is 118 Å². The zero-order valence-corrected chi connectivity index (χ0v) is 12.7. The molecule has 0 bridgehead atoms. The Balaban J connectivity index is 1.60. The summed E-state index contributed by atoms with van der Waals surface area (Å²) < 4.78 is 6.82. The highest BCUT2D eigenvalue weighted by atomic mass is 79.9. The second-order valence-electron chi connectivity index (χ2n) is 5.18. The number of likely N-dealkylation sites (tertiary alicyclic amines) is 1. The van der Waals surface area contributed by atoms with E-state index < -0.39 is 0 Å². The molecule has 1 aromatic rings. The summed E-state index contributed by atoms with van der Waals surface area (Å²) in [5, 5.41) is 0. The highest BCUT2D eigenvalue weighted by molar-refractivity contribution is 9.10. The van der Waals surface area contributed by atoms with Gasteiger partial charge < -0.3 is 9.64 Å². The van der Waals surface area contributed by atoms with Crippen LogP contribution in [0.3, 0.4) is 0 Å². The minimum absolute atomic E-state index is 0.813. The molecule has 0 atom stereocenters. The summed E-state index contributed by atoms with van der Waals surface area (Å²) in [6, 6.07) is 8.04. The van der Waals surface area contributed by atoms with E-state index in [4.69, 9.17) is 4.74 Å². The van der Waals surface area contributed by atoms with Crippen molar-refractivity contribution in [1.82, 2.24) is 4.90 Å². The van der Waals surface area contributed by atoms with Crippen molar-refractivity contribution in [1.29, 1.82) is 0 Å². The minimum Gasteiger partial charge on any atom is -0.494 e. The van der Waals surface area contributed by atoms with E-state index in [1.807, 2.05) is 24.3 Å². The molecule has 0 spiro atoms. The fourth-order valence-corrected chi connectivity index (χ4v) is 2.56. The van der Waals surface area contributed by atoms with Crippen LogP contribution in [0.1, 0.15) is 26.2 Å². The number of hydrogen-bond acceptors (Lipinski definition) is 2. The first-order valence-electron chi connectivity index (χ1n) is 6.85. The summed E-state index contributed by atoms with van der Waals surface area (Å²) in [5.41, 5.74) is 0. The molecule has 1 saturated heterocycles. The number of halogens is 1. The molecule has 1 aromatic carbocycles. The van der Waals surface area contributed by atoms with Gasteiger partial charge in [-0.15, -0.1) is 0 Å². The van der Waals surface area contributed by atoms with Crippen LogP contribution in [-0.2, 0) is 0 Å². The molecule has 0 radical (unpaired) electrons. The molecule has 2 rings (SSSR count). The van der Waals surface area contributed by atoms with E-state index in [2.05, 4.69) is 27.8 Å². The van der Waals surface area contributed by atoms with Gasteiger partial charge in [-0.2, -0.15) is 0 Å². The van der Waals surface area contributed by atoms with Crippen LogP contribution >= 0.6 is 15.9 Å². The van der Waals surface area contributed by atoms with Gasteiger partial charge in [-0.05, 0) is 62.5 Å². The van der Waals surface area contributed by atoms with Crippen LogP contribution in [0.15, 0.2) is 28.7 Å². The lowest BCUT2D eigenvalue weighted by Crippen LogP contribution is -2.34. The molecule has 1 heterocycles. The smallest absolute Gasteiger partial charge is 0.119 e. The van der Waals surface area contributed by atoms with Crippen LogP contribution in [0, 0.1) is 5.92 Å². The van der Waals surface area contributed by atoms with Gasteiger partial charge in [0, 0.05) is 11.0 Å². The van der Waals surface area contributed by atoms with Crippen LogP contribution in [0.4, 0.5) is 0 Å². The molecular formula is C15H22BrNO. The molecule has 100 valence electrons. The van der Waals surface area contributed by atoms with Crippen LogP contribution in [-0.4, -0.2) is 31.1 Å². The van der Waals surface area contributed by atoms with Crippen molar-refractivity contribution in [2.45, 2.75) is 26.2 Å². The van der Waals surface area contributed by atoms with E-state index in [0.29, 0.717) is 0 Å². The van der Waals surface area contributed by atoms with Gasteiger partial charge >= 0.3 is 0 Å². The molecule has 18 heavy (non-hydrogen) atoms. The first-order chi connectivity index (χ1) is 8.74. The largest absolute Gasteiger partial charge is 0.494 e. The first-order valence-corrected chi connectivity index (χ1v) is 7.64. The van der Waals surface area contributed by atoms with Gasteiger partial charge in [0.25, 0.3) is 0 Å². The average Bonchev–Trinajstić information content (AvgIpc) is 2.39. The quantitative estimate of drug-likeness (QED) is 0.763. The van der Waals surface area contributed by atoms with Crippen LogP contribution in [0.5, 0.6) is 5.75 Å². The Hall–Kier alpha value is -0.540. The van der Waals surface area contributed by atoms with E-state index in [-0.39, 0.29) is 0 Å². The Kier molecular flexibility index (Phi) is 5.51. The molecule has 1 fully saturated rings. The normalized spacial score (nSPS) is 17.9. The maximum absolute atomic E-state index is 5.73. The summed E-state index contributed by atoms with van der Waals surface area (Å²) >= 11 is 3.42. The second-order valence-corrected chi connectivity index (χ2v) is 6.10. The maximum Gasteiger partial charge on any atom is 0.119 e. The molecule has 0 unspecified atom stereocenters. The number of hydrogen-bond donors (Lipinski definition) is 0. The van der Waals surface area contributed by atoms with E-state index in [1.165, 1.54) is 32.5 Å². The number of piperidine rings is 1. The highest BCUT2D eigenvalue weighted by Crippen LogP contribution is 2.17. The molecule has 1 aliphatic heterocycles. The monoisotopic (exact) mass is 311 g/mol. The van der Waals surface area contributed by atoms with Gasteiger partial charge in [-0.1, -0.05) is 22.9 Å². The van der Waals surface area contributed by atoms with Gasteiger partial charge in [-0.25, -0.2) is 0 Å². The van der Waals surface area contributed by atoms with Gasteiger partial charge in [-0.3, -0.25) is 0 Å². The number of ether oxygens (including phenoxy) is 1. The third-order valence-corrected chi connectivity index (χ3v) is 4.11. The lowest BCUT2D eigenvalue weighted by molar-refractivity contribution is 0.177. The Morgan fingerprint density at radius 2 is 1.89 bits per heavy atom. The Morgan fingerprint density at radius 1 is 1.22 bits per heavy atom. The van der Waals surface area contributed by atoms with Crippen molar-refractivity contribution in [3.8, 4) is 5.75 Å². The zero-order chi connectivity index (χ0) is 12.8. The SMILES string of the molecule is CC1CCN(CCCOc2ccc(Br)cc2)CC1. The molecule has 3 heteroatoms. The summed E-state index contributed by atoms with van der Waals surface area (Å²) in [5.74, 6) is 1.88. The van der Waals surface area contributed by atoms with Crippen molar-refractivity contribution in [2.24, 2.45) is 5.92 Å². The third-order valence-electron chi connectivity index (χ3n) is 3.58. The summed E-state index contributed by atoms with van der Waals surface area (Å²) in [6.45, 7) is 6.86. The highest BCUT2D eigenvalue weighted by Gasteiger charge is 2.14. The van der Waals surface area contributed by atoms with Crippen molar-refractivity contribution in [2.75, 3.05) is 26.2 Å². The number of rotatable bonds is 5. The van der Waals surface area contributed by atoms with Gasteiger partial charge in [0.05, 0.1) is 6.61 Å². The molecule has 0 amide bonds. The molecule has 0 N–H and O–H groups in total. The molecule has 0 saturated carbocycles. The van der Waals surface area contributed by atoms with Crippen LogP contribution < -0.4 is 4.74 Å². The minimum atomic E-state index is 0.813. The van der Waals surface area contributed by atoms with Crippen LogP contribution in [0.25, 0.3) is 0 Å². The molecule has 2 nitrogen and oxygen atoms in total. The van der Waals surface area contributed by atoms with E-state index >= 15 is 0 Å². The van der Waals surface area contributed by atoms with E-state index in [0.717, 1.165) is 29.2 Å². The third kappa shape index (κ3) is 4.62. The topological polar surface area (TPSA) is 12.5 Å². The summed E-state index contributed by atoms with van der Waals surface area (Å²) in [7, 11) is 0. The second kappa shape index (κ2) is 7.15. The summed E-state index contributed by atoms with van der Waals surface area (Å²) in [6.07, 6.45) is 3.82. The zero-order valence-electron chi connectivity index (χ0n) is 11.1. The van der Waals surface area contributed by atoms with Gasteiger partial charge in [0.2, 0.25) is 0 Å². The lowest BCUT2D eigenvalue weighted by Gasteiger charge is -2.30. The van der Waals surface area contributed by atoms with Crippen molar-refractivity contribution >= 4 is 15.9 Å². The number of benzene rings is 1. The average molecular weight is 312 g/mol. The Bertz CT molecular complexity index is 344. The fraction of sp³-hybridized carbons (Fsp3) is 0.600. The molecule has 1 aliphatic rings. The molecule has 0 aromatic heterocycles. The van der Waals surface area contributed by atoms with Crippen LogP contribution in [0.2, 0.25) is 0 Å². The maximum atomic E-state index is 5.73. The van der Waals surface area contributed by atoms with Crippen molar-refractivity contribution in [3.63, 3.8) is 0 Å². The number of nitrogens with zero attached hydrogens (tertiary/aromatic N) is 1. The Morgan fingerprint density at radius 3 is 2.56 bits per heavy atom. The van der Waals surface area contributed by atoms with E-state index in [9.17, 15) is 0 Å². The molecule has 0 aliphatic carbocycles. The predicted octanol–water partition coefficient (Wildman–Crippen LogP) is 3.95. The van der Waals surface area contributed by atoms with Gasteiger partial charge in [0.1, 0.15) is 5.75 Å². The lowest BCUT2D eigenvalue weighted by atomic mass is 9.99. The standard InChI is InChI=1S/C15H22BrNO/c1-13-7-10-17(11-8-13)9-2-12-18-15-5-3-14(16)4-6-15/h3-6,13H,2,7-12H2,1H3. The summed E-state index contributed by atoms with van der Waals surface area (Å²) in [4.78, 5) is 2.56. The predicted molar refractivity (Wildman–Crippen MR) is 79.1 cm³/mol. The van der Waals surface area contributed by atoms with Crippen molar-refractivity contribution < 1.29 is 4.74 Å². The van der Waals surface area contributed by atoms with Crippen molar-refractivity contribution in [3.05, 3.63) is 28.7 Å². The van der Waals surface area contributed by atoms with E-state index in [1.54, 1.807) is 0 Å². The fourth-order valence-electron chi connectivity index (χ4n) is 2.29. The molecular weight excluding hydrogens is 290 g/mol. The van der Waals surface area contributed by atoms with Gasteiger partial charge in [0.15, 0.2) is 0 Å². The first kappa shape index (κ1) is 13.9.